The summed E-state index contributed by atoms with van der Waals surface area (Å²) in [6.07, 6.45) is 3.92. The minimum absolute atomic E-state index is 0.0584. The first-order valence-electron chi connectivity index (χ1n) is 7.92. The molecule has 2 unspecified atom stereocenters. The van der Waals surface area contributed by atoms with Crippen LogP contribution in [0.25, 0.3) is 0 Å². The molecule has 0 amide bonds. The Morgan fingerprint density at radius 3 is 2.41 bits per heavy atom. The van der Waals surface area contributed by atoms with Gasteiger partial charge in [0.05, 0.1) is 34.0 Å². The lowest BCUT2D eigenvalue weighted by Crippen LogP contribution is -2.48. The zero-order valence-electron chi connectivity index (χ0n) is 13.6. The van der Waals surface area contributed by atoms with Gasteiger partial charge in [-0.05, 0) is 37.1 Å². The van der Waals surface area contributed by atoms with Gasteiger partial charge < -0.3 is 18.9 Å². The number of ether oxygens (including phenoxy) is 4. The Kier molecular flexibility index (Phi) is 4.74. The van der Waals surface area contributed by atoms with Crippen LogP contribution in [0.5, 0.6) is 17.2 Å². The monoisotopic (exact) mass is 307 g/mol. The maximum Gasteiger partial charge on any atom is 0.203 e. The molecule has 1 aromatic carbocycles. The van der Waals surface area contributed by atoms with E-state index in [0.29, 0.717) is 23.3 Å². The molecule has 1 aromatic rings. The van der Waals surface area contributed by atoms with Crippen LogP contribution in [0.2, 0.25) is 0 Å². The van der Waals surface area contributed by atoms with Gasteiger partial charge in [-0.2, -0.15) is 0 Å². The van der Waals surface area contributed by atoms with Crippen molar-refractivity contribution in [2.75, 3.05) is 41.0 Å². The molecular weight excluding hydrogens is 282 g/mol. The summed E-state index contributed by atoms with van der Waals surface area (Å²) in [4.78, 5) is 2.56. The Morgan fingerprint density at radius 2 is 1.77 bits per heavy atom. The van der Waals surface area contributed by atoms with Crippen LogP contribution in [0.1, 0.15) is 30.9 Å². The van der Waals surface area contributed by atoms with Crippen LogP contribution in [0.4, 0.5) is 0 Å². The predicted molar refractivity (Wildman–Crippen MR) is 84.0 cm³/mol. The summed E-state index contributed by atoms with van der Waals surface area (Å²) in [7, 11) is 4.91. The third kappa shape index (κ3) is 2.88. The van der Waals surface area contributed by atoms with E-state index < -0.39 is 0 Å². The normalized spacial score (nSPS) is 25.4. The molecule has 0 aromatic heterocycles. The Morgan fingerprint density at radius 1 is 1.05 bits per heavy atom. The number of benzene rings is 1. The summed E-state index contributed by atoms with van der Waals surface area (Å²) in [5.41, 5.74) is 1.08. The van der Waals surface area contributed by atoms with Gasteiger partial charge in [0.25, 0.3) is 0 Å². The topological polar surface area (TPSA) is 40.2 Å². The lowest BCUT2D eigenvalue weighted by atomic mass is 9.98. The molecule has 2 atom stereocenters. The fourth-order valence-corrected chi connectivity index (χ4v) is 3.47. The average molecular weight is 307 g/mol. The SMILES string of the molecule is COc1cc(C2CN3CCCCC3CO2)cc(OC)c1OC. The van der Waals surface area contributed by atoms with Gasteiger partial charge in [0.1, 0.15) is 0 Å². The predicted octanol–water partition coefficient (Wildman–Crippen LogP) is 2.64. The summed E-state index contributed by atoms with van der Waals surface area (Å²) in [5.74, 6) is 1.99. The number of hydrogen-bond acceptors (Lipinski definition) is 5. The fraction of sp³-hybridized carbons (Fsp3) is 0.647. The number of fused-ring (bicyclic) bond motifs is 1. The molecule has 2 aliphatic rings. The molecule has 2 heterocycles. The highest BCUT2D eigenvalue weighted by molar-refractivity contribution is 5.54. The van der Waals surface area contributed by atoms with Gasteiger partial charge in [-0.3, -0.25) is 4.90 Å². The smallest absolute Gasteiger partial charge is 0.203 e. The molecule has 2 saturated heterocycles. The van der Waals surface area contributed by atoms with Crippen LogP contribution in [-0.4, -0.2) is 52.0 Å². The number of hydrogen-bond donors (Lipinski definition) is 0. The van der Waals surface area contributed by atoms with E-state index in [1.165, 1.54) is 25.8 Å². The molecule has 0 N–H and O–H groups in total. The highest BCUT2D eigenvalue weighted by Gasteiger charge is 2.32. The van der Waals surface area contributed by atoms with Gasteiger partial charge in [0, 0.05) is 12.6 Å². The number of nitrogens with zero attached hydrogens (tertiary/aromatic N) is 1. The van der Waals surface area contributed by atoms with Crippen LogP contribution < -0.4 is 14.2 Å². The summed E-state index contributed by atoms with van der Waals surface area (Å²) >= 11 is 0. The Hall–Kier alpha value is -1.46. The van der Waals surface area contributed by atoms with Crippen molar-refractivity contribution in [3.8, 4) is 17.2 Å². The molecule has 3 rings (SSSR count). The van der Waals surface area contributed by atoms with Gasteiger partial charge in [0.2, 0.25) is 5.75 Å². The van der Waals surface area contributed by atoms with Crippen molar-refractivity contribution in [3.05, 3.63) is 17.7 Å². The second kappa shape index (κ2) is 6.75. The highest BCUT2D eigenvalue weighted by Crippen LogP contribution is 2.41. The maximum absolute atomic E-state index is 6.11. The quantitative estimate of drug-likeness (QED) is 0.855. The average Bonchev–Trinajstić information content (AvgIpc) is 2.59. The molecule has 0 radical (unpaired) electrons. The zero-order valence-corrected chi connectivity index (χ0v) is 13.6. The molecule has 5 heteroatoms. The van der Waals surface area contributed by atoms with Gasteiger partial charge in [-0.1, -0.05) is 6.42 Å². The minimum Gasteiger partial charge on any atom is -0.493 e. The first-order valence-corrected chi connectivity index (χ1v) is 7.92. The van der Waals surface area contributed by atoms with Gasteiger partial charge in [-0.25, -0.2) is 0 Å². The van der Waals surface area contributed by atoms with Crippen LogP contribution in [-0.2, 0) is 4.74 Å². The molecule has 5 nitrogen and oxygen atoms in total. The summed E-state index contributed by atoms with van der Waals surface area (Å²) < 4.78 is 22.4. The highest BCUT2D eigenvalue weighted by atomic mass is 16.5. The van der Waals surface area contributed by atoms with Crippen LogP contribution in [0.3, 0.4) is 0 Å². The molecule has 122 valence electrons. The Balaban J connectivity index is 1.85. The molecule has 22 heavy (non-hydrogen) atoms. The van der Waals surface area contributed by atoms with Crippen LogP contribution in [0, 0.1) is 0 Å². The van der Waals surface area contributed by atoms with Crippen LogP contribution in [0.15, 0.2) is 12.1 Å². The van der Waals surface area contributed by atoms with Crippen molar-refractivity contribution in [1.29, 1.82) is 0 Å². The summed E-state index contributed by atoms with van der Waals surface area (Å²) in [5, 5.41) is 0. The zero-order chi connectivity index (χ0) is 15.5. The molecule has 0 aliphatic carbocycles. The van der Waals surface area contributed by atoms with Crippen molar-refractivity contribution < 1.29 is 18.9 Å². The largest absolute Gasteiger partial charge is 0.493 e. The fourth-order valence-electron chi connectivity index (χ4n) is 3.47. The van der Waals surface area contributed by atoms with Crippen molar-refractivity contribution >= 4 is 0 Å². The van der Waals surface area contributed by atoms with E-state index in [-0.39, 0.29) is 6.10 Å². The first kappa shape index (κ1) is 15.4. The minimum atomic E-state index is 0.0584. The van der Waals surface area contributed by atoms with Crippen molar-refractivity contribution in [2.24, 2.45) is 0 Å². The number of methoxy groups -OCH3 is 3. The van der Waals surface area contributed by atoms with Gasteiger partial charge in [0.15, 0.2) is 11.5 Å². The molecular formula is C17H25NO4. The maximum atomic E-state index is 6.11. The van der Waals surface area contributed by atoms with Crippen molar-refractivity contribution in [2.45, 2.75) is 31.4 Å². The standard InChI is InChI=1S/C17H25NO4/c1-19-14-8-12(9-15(20-2)17(14)21-3)16-10-18-7-5-4-6-13(18)11-22-16/h8-9,13,16H,4-7,10-11H2,1-3H3. The number of morpholine rings is 1. The van der Waals surface area contributed by atoms with Gasteiger partial charge in [-0.15, -0.1) is 0 Å². The van der Waals surface area contributed by atoms with E-state index in [4.69, 9.17) is 18.9 Å². The van der Waals surface area contributed by atoms with Gasteiger partial charge >= 0.3 is 0 Å². The Labute approximate surface area is 132 Å². The van der Waals surface area contributed by atoms with E-state index in [0.717, 1.165) is 18.7 Å². The Bertz CT molecular complexity index is 494. The van der Waals surface area contributed by atoms with Crippen LogP contribution >= 0.6 is 0 Å². The molecule has 0 bridgehead atoms. The number of rotatable bonds is 4. The van der Waals surface area contributed by atoms with E-state index in [2.05, 4.69) is 4.90 Å². The van der Waals surface area contributed by atoms with Crippen molar-refractivity contribution in [1.82, 2.24) is 4.90 Å². The molecule has 2 aliphatic heterocycles. The van der Waals surface area contributed by atoms with E-state index >= 15 is 0 Å². The van der Waals surface area contributed by atoms with E-state index in [1.54, 1.807) is 21.3 Å². The lowest BCUT2D eigenvalue weighted by molar-refractivity contribution is -0.0767. The second-order valence-corrected chi connectivity index (χ2v) is 5.93. The summed E-state index contributed by atoms with van der Waals surface area (Å²) in [6.45, 7) is 2.92. The molecule has 0 saturated carbocycles. The number of piperidine rings is 1. The second-order valence-electron chi connectivity index (χ2n) is 5.93. The molecule has 0 spiro atoms. The van der Waals surface area contributed by atoms with E-state index in [9.17, 15) is 0 Å². The third-order valence-corrected chi connectivity index (χ3v) is 4.70. The first-order chi connectivity index (χ1) is 10.8. The van der Waals surface area contributed by atoms with Crippen molar-refractivity contribution in [3.63, 3.8) is 0 Å². The summed E-state index contributed by atoms with van der Waals surface area (Å²) in [6, 6.07) is 4.58. The third-order valence-electron chi connectivity index (χ3n) is 4.70. The molecule has 2 fully saturated rings. The van der Waals surface area contributed by atoms with E-state index in [1.807, 2.05) is 12.1 Å². The lowest BCUT2D eigenvalue weighted by Gasteiger charge is -2.42.